The lowest BCUT2D eigenvalue weighted by Gasteiger charge is -2.14. The van der Waals surface area contributed by atoms with Crippen molar-refractivity contribution < 1.29 is 14.2 Å². The summed E-state index contributed by atoms with van der Waals surface area (Å²) in [6, 6.07) is 11.2. The zero-order valence-corrected chi connectivity index (χ0v) is 12.9. The van der Waals surface area contributed by atoms with Crippen molar-refractivity contribution in [3.63, 3.8) is 0 Å². The summed E-state index contributed by atoms with van der Waals surface area (Å²) in [5.74, 6) is 0.0742. The summed E-state index contributed by atoms with van der Waals surface area (Å²) in [6.45, 7) is 1.69. The van der Waals surface area contributed by atoms with Crippen LogP contribution in [0.3, 0.4) is 0 Å². The molecule has 1 N–H and O–H groups in total. The van der Waals surface area contributed by atoms with Gasteiger partial charge < -0.3 is 9.84 Å². The second-order valence-corrected chi connectivity index (χ2v) is 5.48. The topological polar surface area (TPSA) is 53.2 Å². The molecule has 0 aliphatic carbocycles. The molecule has 0 aromatic heterocycles. The molecule has 0 heterocycles. The number of benzene rings is 2. The Morgan fingerprint density at radius 1 is 1.33 bits per heavy atom. The van der Waals surface area contributed by atoms with Crippen molar-refractivity contribution in [2.45, 2.75) is 19.6 Å². The van der Waals surface area contributed by atoms with Gasteiger partial charge in [0.25, 0.3) is 0 Å². The average Bonchev–Trinajstić information content (AvgIpc) is 2.45. The zero-order chi connectivity index (χ0) is 15.4. The minimum absolute atomic E-state index is 0.0524. The molecule has 1 atom stereocenters. The normalized spacial score (nSPS) is 11.8. The molecular formula is C16H13BrFNO2. The molecule has 0 aliphatic heterocycles. The van der Waals surface area contributed by atoms with Gasteiger partial charge in [-0.2, -0.15) is 5.26 Å². The summed E-state index contributed by atoms with van der Waals surface area (Å²) in [6.07, 6.45) is -0.684. The van der Waals surface area contributed by atoms with Gasteiger partial charge in [0, 0.05) is 15.6 Å². The van der Waals surface area contributed by atoms with E-state index in [9.17, 15) is 9.50 Å². The monoisotopic (exact) mass is 349 g/mol. The first-order valence-corrected chi connectivity index (χ1v) is 7.09. The molecule has 0 spiro atoms. The summed E-state index contributed by atoms with van der Waals surface area (Å²) < 4.78 is 19.7. The molecule has 2 rings (SSSR count). The van der Waals surface area contributed by atoms with E-state index in [-0.39, 0.29) is 6.61 Å². The largest absolute Gasteiger partial charge is 0.488 e. The molecule has 2 aromatic rings. The predicted octanol–water partition coefficient (Wildman–Crippen LogP) is 4.09. The lowest BCUT2D eigenvalue weighted by Crippen LogP contribution is -2.03. The Kier molecular flexibility index (Phi) is 4.94. The van der Waals surface area contributed by atoms with Crippen LogP contribution in [0.25, 0.3) is 0 Å². The molecule has 0 saturated carbocycles. The fourth-order valence-corrected chi connectivity index (χ4v) is 2.26. The van der Waals surface area contributed by atoms with Crippen LogP contribution in [0.1, 0.15) is 29.7 Å². The van der Waals surface area contributed by atoms with Crippen LogP contribution in [0, 0.1) is 17.1 Å². The quantitative estimate of drug-likeness (QED) is 0.904. The van der Waals surface area contributed by atoms with Crippen LogP contribution in [0.4, 0.5) is 4.39 Å². The third-order valence-corrected chi connectivity index (χ3v) is 3.49. The third-order valence-electron chi connectivity index (χ3n) is 3.00. The van der Waals surface area contributed by atoms with Crippen molar-refractivity contribution in [1.82, 2.24) is 0 Å². The van der Waals surface area contributed by atoms with Gasteiger partial charge in [-0.15, -0.1) is 0 Å². The number of rotatable bonds is 4. The van der Waals surface area contributed by atoms with Crippen LogP contribution in [0.2, 0.25) is 0 Å². The van der Waals surface area contributed by atoms with Crippen molar-refractivity contribution in [2.75, 3.05) is 0 Å². The molecule has 0 aliphatic rings. The van der Waals surface area contributed by atoms with E-state index in [1.54, 1.807) is 25.1 Å². The van der Waals surface area contributed by atoms with E-state index in [2.05, 4.69) is 15.9 Å². The predicted molar refractivity (Wildman–Crippen MR) is 80.2 cm³/mol. The molecule has 5 heteroatoms. The highest BCUT2D eigenvalue weighted by molar-refractivity contribution is 9.10. The number of aliphatic hydroxyl groups is 1. The highest BCUT2D eigenvalue weighted by Gasteiger charge is 2.11. The van der Waals surface area contributed by atoms with Crippen molar-refractivity contribution in [3.8, 4) is 11.8 Å². The number of halogens is 2. The Hall–Kier alpha value is -1.90. The lowest BCUT2D eigenvalue weighted by atomic mass is 10.1. The van der Waals surface area contributed by atoms with E-state index >= 15 is 0 Å². The highest BCUT2D eigenvalue weighted by atomic mass is 79.9. The van der Waals surface area contributed by atoms with Gasteiger partial charge in [-0.1, -0.05) is 22.0 Å². The van der Waals surface area contributed by atoms with Gasteiger partial charge in [-0.3, -0.25) is 0 Å². The van der Waals surface area contributed by atoms with Gasteiger partial charge in [0.15, 0.2) is 0 Å². The van der Waals surface area contributed by atoms with Gasteiger partial charge in [-0.05, 0) is 37.3 Å². The Labute approximate surface area is 130 Å². The van der Waals surface area contributed by atoms with Gasteiger partial charge in [0.1, 0.15) is 18.2 Å². The van der Waals surface area contributed by atoms with Crippen molar-refractivity contribution in [3.05, 3.63) is 63.4 Å². The van der Waals surface area contributed by atoms with E-state index < -0.39 is 11.9 Å². The lowest BCUT2D eigenvalue weighted by molar-refractivity contribution is 0.190. The molecule has 0 amide bonds. The molecule has 0 saturated heterocycles. The van der Waals surface area contributed by atoms with Crippen molar-refractivity contribution >= 4 is 15.9 Å². The van der Waals surface area contributed by atoms with Crippen molar-refractivity contribution in [2.24, 2.45) is 0 Å². The number of hydrogen-bond acceptors (Lipinski definition) is 3. The minimum Gasteiger partial charge on any atom is -0.488 e. The Bertz CT molecular complexity index is 695. The SMILES string of the molecule is C[C@@H](O)c1ccc(Br)cc1OCc1cc(F)ccc1C#N. The first-order valence-electron chi connectivity index (χ1n) is 6.30. The van der Waals surface area contributed by atoms with Crippen LogP contribution in [0.5, 0.6) is 5.75 Å². The molecule has 0 fully saturated rings. The van der Waals surface area contributed by atoms with Gasteiger partial charge in [-0.25, -0.2) is 4.39 Å². The zero-order valence-electron chi connectivity index (χ0n) is 11.3. The standard InChI is InChI=1S/C16H13BrFNO2/c1-10(20)15-5-3-13(17)7-16(15)21-9-12-6-14(18)4-2-11(12)8-19/h2-7,10,20H,9H2,1H3/t10-/m1/s1. The molecule has 21 heavy (non-hydrogen) atoms. The maximum absolute atomic E-state index is 13.3. The fourth-order valence-electron chi connectivity index (χ4n) is 1.92. The number of hydrogen-bond donors (Lipinski definition) is 1. The Morgan fingerprint density at radius 2 is 2.10 bits per heavy atom. The van der Waals surface area contributed by atoms with E-state index in [0.717, 1.165) is 4.47 Å². The van der Waals surface area contributed by atoms with Crippen LogP contribution in [0.15, 0.2) is 40.9 Å². The van der Waals surface area contributed by atoms with Gasteiger partial charge >= 0.3 is 0 Å². The van der Waals surface area contributed by atoms with Crippen molar-refractivity contribution in [1.29, 1.82) is 5.26 Å². The molecule has 2 aromatic carbocycles. The Balaban J connectivity index is 2.26. The van der Waals surface area contributed by atoms with Crippen LogP contribution < -0.4 is 4.74 Å². The fraction of sp³-hybridized carbons (Fsp3) is 0.188. The molecule has 0 unspecified atom stereocenters. The van der Waals surface area contributed by atoms with Gasteiger partial charge in [0.05, 0.1) is 17.7 Å². The second-order valence-electron chi connectivity index (χ2n) is 4.56. The molecular weight excluding hydrogens is 337 g/mol. The smallest absolute Gasteiger partial charge is 0.126 e. The summed E-state index contributed by atoms with van der Waals surface area (Å²) >= 11 is 3.34. The second kappa shape index (κ2) is 6.70. The highest BCUT2D eigenvalue weighted by Crippen LogP contribution is 2.29. The van der Waals surface area contributed by atoms with Gasteiger partial charge in [0.2, 0.25) is 0 Å². The van der Waals surface area contributed by atoms with E-state index in [1.165, 1.54) is 18.2 Å². The molecule has 108 valence electrons. The maximum Gasteiger partial charge on any atom is 0.126 e. The van der Waals surface area contributed by atoms with E-state index in [4.69, 9.17) is 10.00 Å². The van der Waals surface area contributed by atoms with Crippen LogP contribution in [-0.4, -0.2) is 5.11 Å². The maximum atomic E-state index is 13.3. The van der Waals surface area contributed by atoms with E-state index in [1.807, 2.05) is 6.07 Å². The molecule has 0 radical (unpaired) electrons. The summed E-state index contributed by atoms with van der Waals surface area (Å²) in [4.78, 5) is 0. The van der Waals surface area contributed by atoms with Crippen LogP contribution >= 0.6 is 15.9 Å². The molecule has 3 nitrogen and oxygen atoms in total. The molecule has 0 bridgehead atoms. The minimum atomic E-state index is -0.684. The summed E-state index contributed by atoms with van der Waals surface area (Å²) in [5, 5.41) is 18.7. The number of ether oxygens (including phenoxy) is 1. The first-order chi connectivity index (χ1) is 10.0. The van der Waals surface area contributed by atoms with Crippen LogP contribution in [-0.2, 0) is 6.61 Å². The number of nitriles is 1. The third kappa shape index (κ3) is 3.81. The summed E-state index contributed by atoms with van der Waals surface area (Å²) in [5.41, 5.74) is 1.46. The van der Waals surface area contributed by atoms with E-state index in [0.29, 0.717) is 22.4 Å². The number of aliphatic hydroxyl groups excluding tert-OH is 1. The number of nitrogens with zero attached hydrogens (tertiary/aromatic N) is 1. The first kappa shape index (κ1) is 15.5. The Morgan fingerprint density at radius 3 is 2.76 bits per heavy atom. The average molecular weight is 350 g/mol. The summed E-state index contributed by atoms with van der Waals surface area (Å²) in [7, 11) is 0.